The van der Waals surface area contributed by atoms with Crippen LogP contribution in [0, 0.1) is 0 Å². The fraction of sp³-hybridized carbons (Fsp3) is 0.600. The Morgan fingerprint density at radius 2 is 1.73 bits per heavy atom. The molecule has 1 atom stereocenters. The van der Waals surface area contributed by atoms with E-state index in [1.54, 1.807) is 0 Å². The molecular weight excluding hydrogens is 136 g/mol. The summed E-state index contributed by atoms with van der Waals surface area (Å²) in [5.41, 5.74) is 2.42. The molecule has 0 saturated heterocycles. The van der Waals surface area contributed by atoms with Crippen molar-refractivity contribution in [1.29, 1.82) is 0 Å². The molecule has 0 aliphatic heterocycles. The SMILES string of the molecule is CC(C)=CCC(O)C=C(C)C. The molecule has 11 heavy (non-hydrogen) atoms. The molecule has 0 aliphatic carbocycles. The average molecular weight is 154 g/mol. The second-order valence-corrected chi connectivity index (χ2v) is 3.33. The van der Waals surface area contributed by atoms with Gasteiger partial charge >= 0.3 is 0 Å². The molecule has 1 heteroatoms. The zero-order chi connectivity index (χ0) is 8.85. The van der Waals surface area contributed by atoms with Gasteiger partial charge in [0.2, 0.25) is 0 Å². The van der Waals surface area contributed by atoms with E-state index in [1.807, 2.05) is 39.8 Å². The molecule has 0 fully saturated rings. The minimum Gasteiger partial charge on any atom is -0.389 e. The molecule has 0 rings (SSSR count). The average Bonchev–Trinajstić information content (AvgIpc) is 1.82. The summed E-state index contributed by atoms with van der Waals surface area (Å²) in [6, 6.07) is 0. The third kappa shape index (κ3) is 7.34. The molecule has 0 heterocycles. The minimum atomic E-state index is -0.310. The number of hydrogen-bond donors (Lipinski definition) is 1. The maximum Gasteiger partial charge on any atom is 0.0757 e. The van der Waals surface area contributed by atoms with Crippen LogP contribution >= 0.6 is 0 Å². The lowest BCUT2D eigenvalue weighted by molar-refractivity contribution is 0.226. The Hall–Kier alpha value is -0.560. The first kappa shape index (κ1) is 10.4. The summed E-state index contributed by atoms with van der Waals surface area (Å²) in [5.74, 6) is 0. The summed E-state index contributed by atoms with van der Waals surface area (Å²) in [6.07, 6.45) is 4.34. The van der Waals surface area contributed by atoms with Gasteiger partial charge in [-0.05, 0) is 34.1 Å². The maximum atomic E-state index is 9.35. The Morgan fingerprint density at radius 3 is 2.09 bits per heavy atom. The molecule has 0 aromatic rings. The van der Waals surface area contributed by atoms with E-state index in [0.29, 0.717) is 0 Å². The van der Waals surface area contributed by atoms with Crippen molar-refractivity contribution in [2.75, 3.05) is 0 Å². The summed E-state index contributed by atoms with van der Waals surface area (Å²) < 4.78 is 0. The molecule has 0 spiro atoms. The van der Waals surface area contributed by atoms with Crippen molar-refractivity contribution in [2.24, 2.45) is 0 Å². The summed E-state index contributed by atoms with van der Waals surface area (Å²) in [7, 11) is 0. The van der Waals surface area contributed by atoms with Gasteiger partial charge in [0.05, 0.1) is 6.10 Å². The van der Waals surface area contributed by atoms with E-state index in [0.717, 1.165) is 6.42 Å². The second-order valence-electron chi connectivity index (χ2n) is 3.33. The lowest BCUT2D eigenvalue weighted by Crippen LogP contribution is -2.00. The third-order valence-electron chi connectivity index (χ3n) is 1.29. The van der Waals surface area contributed by atoms with Crippen LogP contribution in [0.25, 0.3) is 0 Å². The molecule has 1 unspecified atom stereocenters. The van der Waals surface area contributed by atoms with Crippen molar-refractivity contribution in [2.45, 2.75) is 40.2 Å². The topological polar surface area (TPSA) is 20.2 Å². The van der Waals surface area contributed by atoms with Gasteiger partial charge in [0.1, 0.15) is 0 Å². The predicted octanol–water partition coefficient (Wildman–Crippen LogP) is 2.67. The van der Waals surface area contributed by atoms with E-state index in [-0.39, 0.29) is 6.10 Å². The van der Waals surface area contributed by atoms with E-state index in [9.17, 15) is 5.11 Å². The smallest absolute Gasteiger partial charge is 0.0757 e. The van der Waals surface area contributed by atoms with E-state index < -0.39 is 0 Å². The Morgan fingerprint density at radius 1 is 1.18 bits per heavy atom. The highest BCUT2D eigenvalue weighted by molar-refractivity contribution is 5.02. The largest absolute Gasteiger partial charge is 0.389 e. The van der Waals surface area contributed by atoms with Crippen LogP contribution in [-0.2, 0) is 0 Å². The number of hydrogen-bond acceptors (Lipinski definition) is 1. The number of rotatable bonds is 3. The number of allylic oxidation sites excluding steroid dienone is 2. The van der Waals surface area contributed by atoms with Gasteiger partial charge in [-0.1, -0.05) is 23.3 Å². The fourth-order valence-corrected chi connectivity index (χ4v) is 0.809. The van der Waals surface area contributed by atoms with Gasteiger partial charge in [-0.25, -0.2) is 0 Å². The van der Waals surface area contributed by atoms with Crippen molar-refractivity contribution in [3.05, 3.63) is 23.3 Å². The van der Waals surface area contributed by atoms with Gasteiger partial charge < -0.3 is 5.11 Å². The highest BCUT2D eigenvalue weighted by Crippen LogP contribution is 2.02. The molecule has 0 aromatic heterocycles. The van der Waals surface area contributed by atoms with Crippen LogP contribution in [0.5, 0.6) is 0 Å². The van der Waals surface area contributed by atoms with Crippen molar-refractivity contribution < 1.29 is 5.11 Å². The molecule has 0 amide bonds. The molecular formula is C10H18O. The molecule has 0 saturated carbocycles. The van der Waals surface area contributed by atoms with Crippen molar-refractivity contribution >= 4 is 0 Å². The summed E-state index contributed by atoms with van der Waals surface area (Å²) in [6.45, 7) is 8.06. The molecule has 0 aliphatic rings. The van der Waals surface area contributed by atoms with Crippen LogP contribution < -0.4 is 0 Å². The first-order valence-electron chi connectivity index (χ1n) is 3.99. The van der Waals surface area contributed by atoms with Crippen molar-refractivity contribution in [3.8, 4) is 0 Å². The van der Waals surface area contributed by atoms with Crippen LogP contribution in [0.1, 0.15) is 34.1 Å². The van der Waals surface area contributed by atoms with E-state index in [4.69, 9.17) is 0 Å². The quantitative estimate of drug-likeness (QED) is 0.620. The number of aliphatic hydroxyl groups is 1. The first-order valence-corrected chi connectivity index (χ1v) is 3.99. The van der Waals surface area contributed by atoms with Crippen molar-refractivity contribution in [1.82, 2.24) is 0 Å². The van der Waals surface area contributed by atoms with Crippen LogP contribution in [0.3, 0.4) is 0 Å². The summed E-state index contributed by atoms with van der Waals surface area (Å²) in [5, 5.41) is 9.35. The first-order chi connectivity index (χ1) is 5.02. The van der Waals surface area contributed by atoms with Crippen LogP contribution in [0.4, 0.5) is 0 Å². The minimum absolute atomic E-state index is 0.310. The highest BCUT2D eigenvalue weighted by atomic mass is 16.3. The normalized spacial score (nSPS) is 12.1. The van der Waals surface area contributed by atoms with Gasteiger partial charge in [0, 0.05) is 0 Å². The fourth-order valence-electron chi connectivity index (χ4n) is 0.809. The highest BCUT2D eigenvalue weighted by Gasteiger charge is 1.95. The van der Waals surface area contributed by atoms with E-state index in [1.165, 1.54) is 11.1 Å². The number of aliphatic hydroxyl groups excluding tert-OH is 1. The molecule has 1 N–H and O–H groups in total. The molecule has 0 radical (unpaired) electrons. The van der Waals surface area contributed by atoms with Crippen LogP contribution in [0.2, 0.25) is 0 Å². The predicted molar refractivity (Wildman–Crippen MR) is 49.5 cm³/mol. The zero-order valence-corrected chi connectivity index (χ0v) is 7.89. The molecule has 0 aromatic carbocycles. The molecule has 64 valence electrons. The van der Waals surface area contributed by atoms with Gasteiger partial charge in [-0.15, -0.1) is 0 Å². The summed E-state index contributed by atoms with van der Waals surface area (Å²) in [4.78, 5) is 0. The second kappa shape index (κ2) is 5.14. The lowest BCUT2D eigenvalue weighted by Gasteiger charge is -2.02. The Labute approximate surface area is 69.4 Å². The maximum absolute atomic E-state index is 9.35. The lowest BCUT2D eigenvalue weighted by atomic mass is 10.1. The summed E-state index contributed by atoms with van der Waals surface area (Å²) >= 11 is 0. The monoisotopic (exact) mass is 154 g/mol. The van der Waals surface area contributed by atoms with Crippen LogP contribution in [-0.4, -0.2) is 11.2 Å². The van der Waals surface area contributed by atoms with E-state index >= 15 is 0 Å². The van der Waals surface area contributed by atoms with Gasteiger partial charge in [-0.2, -0.15) is 0 Å². The van der Waals surface area contributed by atoms with Gasteiger partial charge in [0.15, 0.2) is 0 Å². The third-order valence-corrected chi connectivity index (χ3v) is 1.29. The van der Waals surface area contributed by atoms with Crippen LogP contribution in [0.15, 0.2) is 23.3 Å². The van der Waals surface area contributed by atoms with E-state index in [2.05, 4.69) is 0 Å². The molecule has 0 bridgehead atoms. The molecule has 1 nitrogen and oxygen atoms in total. The van der Waals surface area contributed by atoms with Crippen molar-refractivity contribution in [3.63, 3.8) is 0 Å². The Balaban J connectivity index is 3.80. The Bertz CT molecular complexity index is 158. The van der Waals surface area contributed by atoms with Gasteiger partial charge in [0.25, 0.3) is 0 Å². The Kier molecular flexibility index (Phi) is 4.88. The zero-order valence-electron chi connectivity index (χ0n) is 7.89. The standard InChI is InChI=1S/C10H18O/c1-8(2)5-6-10(11)7-9(3)4/h5,7,10-11H,6H2,1-4H3. The van der Waals surface area contributed by atoms with Gasteiger partial charge in [-0.3, -0.25) is 0 Å².